The van der Waals surface area contributed by atoms with Crippen molar-refractivity contribution in [2.24, 2.45) is 0 Å². The Bertz CT molecular complexity index is 586. The number of oxazole rings is 1. The summed E-state index contributed by atoms with van der Waals surface area (Å²) in [5.41, 5.74) is 1.19. The minimum atomic E-state index is 0.0355. The summed E-state index contributed by atoms with van der Waals surface area (Å²) < 4.78 is 8.38. The van der Waals surface area contributed by atoms with Crippen LogP contribution in [0.3, 0.4) is 0 Å². The quantitative estimate of drug-likeness (QED) is 0.865. The van der Waals surface area contributed by atoms with E-state index in [1.165, 1.54) is 0 Å². The summed E-state index contributed by atoms with van der Waals surface area (Å²) in [4.78, 5) is 7.37. The highest BCUT2D eigenvalue weighted by atomic mass is 32.1. The second-order valence-electron chi connectivity index (χ2n) is 5.39. The lowest BCUT2D eigenvalue weighted by atomic mass is 9.92. The molecule has 0 aliphatic heterocycles. The average molecular weight is 265 g/mol. The maximum atomic E-state index is 5.64. The Hall–Kier alpha value is -1.36. The van der Waals surface area contributed by atoms with Crippen molar-refractivity contribution in [1.82, 2.24) is 14.5 Å². The smallest absolute Gasteiger partial charge is 0.214 e. The molecule has 0 fully saturated rings. The molecule has 0 saturated carbocycles. The summed E-state index contributed by atoms with van der Waals surface area (Å²) in [5.74, 6) is 1.61. The summed E-state index contributed by atoms with van der Waals surface area (Å²) >= 11 is 5.31. The van der Waals surface area contributed by atoms with Crippen LogP contribution in [0, 0.1) is 4.77 Å². The van der Waals surface area contributed by atoms with Crippen LogP contribution in [0.4, 0.5) is 0 Å². The molecule has 2 rings (SSSR count). The molecule has 18 heavy (non-hydrogen) atoms. The molecule has 0 aliphatic rings. The summed E-state index contributed by atoms with van der Waals surface area (Å²) in [6.45, 7) is 9.11. The van der Waals surface area contributed by atoms with E-state index in [0.717, 1.165) is 17.9 Å². The van der Waals surface area contributed by atoms with Gasteiger partial charge in [-0.15, -0.1) is 0 Å². The highest BCUT2D eigenvalue weighted by Crippen LogP contribution is 2.23. The van der Waals surface area contributed by atoms with E-state index in [9.17, 15) is 0 Å². The van der Waals surface area contributed by atoms with Gasteiger partial charge in [0, 0.05) is 23.7 Å². The first-order valence-corrected chi connectivity index (χ1v) is 6.55. The van der Waals surface area contributed by atoms with Crippen molar-refractivity contribution >= 4 is 12.2 Å². The Labute approximate surface area is 112 Å². The standard InChI is InChI=1S/C13H19N3OS/c1-5-9-6-14-11(17-9)8-16-10(13(2,3)4)7-15-12(16)18/h6-7H,5,8H2,1-4H3,(H,15,18). The molecule has 0 spiro atoms. The number of nitrogens with one attached hydrogen (secondary N) is 1. The number of hydrogen-bond donors (Lipinski definition) is 1. The topological polar surface area (TPSA) is 46.8 Å². The van der Waals surface area contributed by atoms with Gasteiger partial charge in [-0.3, -0.25) is 0 Å². The predicted molar refractivity (Wildman–Crippen MR) is 73.3 cm³/mol. The first-order valence-electron chi connectivity index (χ1n) is 6.14. The Morgan fingerprint density at radius 2 is 2.17 bits per heavy atom. The summed E-state index contributed by atoms with van der Waals surface area (Å²) in [6.07, 6.45) is 4.60. The van der Waals surface area contributed by atoms with Gasteiger partial charge in [0.05, 0.1) is 6.20 Å². The van der Waals surface area contributed by atoms with E-state index in [1.54, 1.807) is 6.20 Å². The summed E-state index contributed by atoms with van der Waals surface area (Å²) in [7, 11) is 0. The average Bonchev–Trinajstić information content (AvgIpc) is 2.86. The van der Waals surface area contributed by atoms with Crippen LogP contribution in [0.15, 0.2) is 16.8 Å². The molecule has 4 nitrogen and oxygen atoms in total. The Morgan fingerprint density at radius 1 is 1.44 bits per heavy atom. The fourth-order valence-corrected chi connectivity index (χ4v) is 2.12. The third-order valence-corrected chi connectivity index (χ3v) is 3.22. The van der Waals surface area contributed by atoms with Crippen molar-refractivity contribution in [2.45, 2.75) is 46.1 Å². The van der Waals surface area contributed by atoms with E-state index in [4.69, 9.17) is 16.6 Å². The van der Waals surface area contributed by atoms with Crippen molar-refractivity contribution in [1.29, 1.82) is 0 Å². The molecule has 0 aromatic carbocycles. The van der Waals surface area contributed by atoms with E-state index in [0.29, 0.717) is 17.2 Å². The second kappa shape index (κ2) is 4.72. The number of H-pyrrole nitrogens is 1. The summed E-state index contributed by atoms with van der Waals surface area (Å²) in [5, 5.41) is 0. The first kappa shape index (κ1) is 13.1. The lowest BCUT2D eigenvalue weighted by Crippen LogP contribution is -2.18. The normalized spacial score (nSPS) is 12.0. The van der Waals surface area contributed by atoms with Crippen LogP contribution in [-0.2, 0) is 18.4 Å². The third kappa shape index (κ3) is 2.56. The fraction of sp³-hybridized carbons (Fsp3) is 0.538. The van der Waals surface area contributed by atoms with Crippen molar-refractivity contribution in [3.63, 3.8) is 0 Å². The zero-order valence-corrected chi connectivity index (χ0v) is 12.1. The lowest BCUT2D eigenvalue weighted by molar-refractivity contribution is 0.432. The molecule has 98 valence electrons. The third-order valence-electron chi connectivity index (χ3n) is 2.88. The number of imidazole rings is 1. The zero-order chi connectivity index (χ0) is 13.3. The van der Waals surface area contributed by atoms with Crippen LogP contribution < -0.4 is 0 Å². The van der Waals surface area contributed by atoms with Crippen LogP contribution >= 0.6 is 12.2 Å². The molecule has 5 heteroatoms. The van der Waals surface area contributed by atoms with Gasteiger partial charge in [0.1, 0.15) is 12.3 Å². The van der Waals surface area contributed by atoms with Gasteiger partial charge in [0.2, 0.25) is 5.89 Å². The highest BCUT2D eigenvalue weighted by Gasteiger charge is 2.20. The largest absolute Gasteiger partial charge is 0.444 e. The SMILES string of the molecule is CCc1cnc(Cn2c(C(C)(C)C)c[nH]c2=S)o1. The maximum absolute atomic E-state index is 5.64. The van der Waals surface area contributed by atoms with E-state index in [2.05, 4.69) is 30.7 Å². The number of aryl methyl sites for hydroxylation is 1. The van der Waals surface area contributed by atoms with Crippen LogP contribution in [0.25, 0.3) is 0 Å². The van der Waals surface area contributed by atoms with E-state index >= 15 is 0 Å². The van der Waals surface area contributed by atoms with Crippen LogP contribution in [0.2, 0.25) is 0 Å². The molecule has 2 aromatic heterocycles. The molecule has 0 bridgehead atoms. The summed E-state index contributed by atoms with van der Waals surface area (Å²) in [6, 6.07) is 0. The van der Waals surface area contributed by atoms with Crippen molar-refractivity contribution in [3.05, 3.63) is 34.5 Å². The number of nitrogens with zero attached hydrogens (tertiary/aromatic N) is 2. The van der Waals surface area contributed by atoms with E-state index in [1.807, 2.05) is 17.7 Å². The van der Waals surface area contributed by atoms with Gasteiger partial charge in [0.15, 0.2) is 4.77 Å². The van der Waals surface area contributed by atoms with Crippen LogP contribution in [0.1, 0.15) is 45.0 Å². The molecule has 2 heterocycles. The molecule has 0 aliphatic carbocycles. The lowest BCUT2D eigenvalue weighted by Gasteiger charge is -2.19. The Morgan fingerprint density at radius 3 is 2.72 bits per heavy atom. The molecule has 0 atom stereocenters. The minimum absolute atomic E-state index is 0.0355. The monoisotopic (exact) mass is 265 g/mol. The molecule has 0 radical (unpaired) electrons. The number of hydrogen-bond acceptors (Lipinski definition) is 3. The first-order chi connectivity index (χ1) is 8.41. The van der Waals surface area contributed by atoms with E-state index < -0.39 is 0 Å². The molecular weight excluding hydrogens is 246 g/mol. The van der Waals surface area contributed by atoms with Crippen LogP contribution in [0.5, 0.6) is 0 Å². The maximum Gasteiger partial charge on any atom is 0.214 e. The van der Waals surface area contributed by atoms with E-state index in [-0.39, 0.29) is 5.41 Å². The molecule has 0 amide bonds. The molecule has 1 N–H and O–H groups in total. The second-order valence-corrected chi connectivity index (χ2v) is 5.78. The molecule has 0 saturated heterocycles. The molecule has 0 unspecified atom stereocenters. The van der Waals surface area contributed by atoms with Crippen molar-refractivity contribution < 1.29 is 4.42 Å². The van der Waals surface area contributed by atoms with Gasteiger partial charge in [-0.25, -0.2) is 4.98 Å². The van der Waals surface area contributed by atoms with Crippen molar-refractivity contribution in [2.75, 3.05) is 0 Å². The minimum Gasteiger partial charge on any atom is -0.444 e. The highest BCUT2D eigenvalue weighted by molar-refractivity contribution is 7.71. The zero-order valence-electron chi connectivity index (χ0n) is 11.3. The number of aromatic amines is 1. The van der Waals surface area contributed by atoms with Gasteiger partial charge >= 0.3 is 0 Å². The molecule has 2 aromatic rings. The fourth-order valence-electron chi connectivity index (χ4n) is 1.89. The molecular formula is C13H19N3OS. The van der Waals surface area contributed by atoms with Gasteiger partial charge < -0.3 is 14.0 Å². The Balaban J connectivity index is 2.34. The van der Waals surface area contributed by atoms with Crippen LogP contribution in [-0.4, -0.2) is 14.5 Å². The Kier molecular flexibility index (Phi) is 3.43. The predicted octanol–water partition coefficient (Wildman–Crippen LogP) is 3.44. The van der Waals surface area contributed by atoms with Gasteiger partial charge in [-0.05, 0) is 12.2 Å². The van der Waals surface area contributed by atoms with Gasteiger partial charge in [-0.2, -0.15) is 0 Å². The van der Waals surface area contributed by atoms with Crippen molar-refractivity contribution in [3.8, 4) is 0 Å². The van der Waals surface area contributed by atoms with Gasteiger partial charge in [0.25, 0.3) is 0 Å². The number of rotatable bonds is 3. The van der Waals surface area contributed by atoms with Gasteiger partial charge in [-0.1, -0.05) is 27.7 Å². The number of aromatic nitrogens is 3.